The second kappa shape index (κ2) is 4.13. The molecule has 1 heterocycles. The van der Waals surface area contributed by atoms with E-state index < -0.39 is 0 Å². The molecule has 0 atom stereocenters. The molecular formula is C9H13BrN4. The van der Waals surface area contributed by atoms with Gasteiger partial charge in [0, 0.05) is 12.6 Å². The minimum absolute atomic E-state index is 0.299. The molecule has 0 amide bonds. The summed E-state index contributed by atoms with van der Waals surface area (Å²) in [5.74, 6) is 2.03. The van der Waals surface area contributed by atoms with E-state index in [1.54, 1.807) is 0 Å². The molecule has 1 aliphatic rings. The van der Waals surface area contributed by atoms with Gasteiger partial charge in [-0.25, -0.2) is 4.98 Å². The average Bonchev–Trinajstić information content (AvgIpc) is 2.86. The number of rotatable bonds is 4. The predicted molar refractivity (Wildman–Crippen MR) is 60.0 cm³/mol. The summed E-state index contributed by atoms with van der Waals surface area (Å²) in [6, 6.07) is 1.84. The first kappa shape index (κ1) is 9.71. The Morgan fingerprint density at radius 3 is 2.93 bits per heavy atom. The van der Waals surface area contributed by atoms with Crippen LogP contribution < -0.4 is 11.1 Å². The van der Waals surface area contributed by atoms with Gasteiger partial charge in [0.15, 0.2) is 0 Å². The fourth-order valence-electron chi connectivity index (χ4n) is 1.34. The lowest BCUT2D eigenvalue weighted by atomic mass is 10.3. The van der Waals surface area contributed by atoms with E-state index in [2.05, 4.69) is 31.2 Å². The molecule has 76 valence electrons. The second-order valence-corrected chi connectivity index (χ2v) is 4.41. The van der Waals surface area contributed by atoms with Gasteiger partial charge < -0.3 is 11.1 Å². The normalized spacial score (nSPS) is 15.5. The molecule has 0 spiro atoms. The highest BCUT2D eigenvalue weighted by Crippen LogP contribution is 2.32. The predicted octanol–water partition coefficient (Wildman–Crippen LogP) is 2.03. The fourth-order valence-corrected chi connectivity index (χ4v) is 1.74. The highest BCUT2D eigenvalue weighted by Gasteiger charge is 2.20. The SMILES string of the molecule is Nc1nc(Br)cc(NCCC2CC2)n1. The Labute approximate surface area is 91.4 Å². The molecule has 5 heteroatoms. The van der Waals surface area contributed by atoms with Gasteiger partial charge in [0.25, 0.3) is 0 Å². The maximum Gasteiger partial charge on any atom is 0.223 e. The van der Waals surface area contributed by atoms with Crippen molar-refractivity contribution in [2.75, 3.05) is 17.6 Å². The molecule has 1 aliphatic carbocycles. The van der Waals surface area contributed by atoms with Crippen molar-refractivity contribution >= 4 is 27.7 Å². The molecule has 1 aromatic rings. The Bertz CT molecular complexity index is 304. The Kier molecular flexibility index (Phi) is 2.86. The van der Waals surface area contributed by atoms with Gasteiger partial charge in [-0.2, -0.15) is 4.98 Å². The zero-order valence-corrected chi connectivity index (χ0v) is 9.42. The van der Waals surface area contributed by atoms with Crippen LogP contribution in [0.15, 0.2) is 10.7 Å². The largest absolute Gasteiger partial charge is 0.370 e. The molecule has 14 heavy (non-hydrogen) atoms. The van der Waals surface area contributed by atoms with E-state index in [4.69, 9.17) is 5.73 Å². The smallest absolute Gasteiger partial charge is 0.223 e. The lowest BCUT2D eigenvalue weighted by Gasteiger charge is -2.05. The number of nitrogens with zero attached hydrogens (tertiary/aromatic N) is 2. The van der Waals surface area contributed by atoms with Crippen LogP contribution in [0.3, 0.4) is 0 Å². The molecule has 1 aromatic heterocycles. The summed E-state index contributed by atoms with van der Waals surface area (Å²) in [4.78, 5) is 8.01. The number of halogens is 1. The van der Waals surface area contributed by atoms with Crippen molar-refractivity contribution in [3.05, 3.63) is 10.7 Å². The molecule has 0 aromatic carbocycles. The van der Waals surface area contributed by atoms with Gasteiger partial charge in [0.1, 0.15) is 10.4 Å². The van der Waals surface area contributed by atoms with Gasteiger partial charge in [-0.1, -0.05) is 12.8 Å². The molecule has 4 nitrogen and oxygen atoms in total. The van der Waals surface area contributed by atoms with Crippen molar-refractivity contribution in [2.24, 2.45) is 5.92 Å². The third-order valence-electron chi connectivity index (χ3n) is 2.27. The van der Waals surface area contributed by atoms with Crippen molar-refractivity contribution in [3.8, 4) is 0 Å². The van der Waals surface area contributed by atoms with Crippen molar-refractivity contribution in [2.45, 2.75) is 19.3 Å². The Morgan fingerprint density at radius 2 is 2.29 bits per heavy atom. The molecule has 0 saturated heterocycles. The first-order valence-corrected chi connectivity index (χ1v) is 5.57. The maximum absolute atomic E-state index is 5.51. The Hall–Kier alpha value is -0.840. The van der Waals surface area contributed by atoms with Crippen molar-refractivity contribution in [1.29, 1.82) is 0 Å². The third-order valence-corrected chi connectivity index (χ3v) is 2.67. The number of nitrogens with one attached hydrogen (secondary N) is 1. The molecule has 0 aliphatic heterocycles. The number of nitrogen functional groups attached to an aromatic ring is 1. The molecule has 3 N–H and O–H groups in total. The maximum atomic E-state index is 5.51. The molecule has 0 unspecified atom stereocenters. The summed E-state index contributed by atoms with van der Waals surface area (Å²) in [6.45, 7) is 0.966. The van der Waals surface area contributed by atoms with Crippen LogP contribution >= 0.6 is 15.9 Å². The number of nitrogens with two attached hydrogens (primary N) is 1. The average molecular weight is 257 g/mol. The van der Waals surface area contributed by atoms with E-state index in [9.17, 15) is 0 Å². The van der Waals surface area contributed by atoms with E-state index >= 15 is 0 Å². The van der Waals surface area contributed by atoms with Crippen LogP contribution in [0, 0.1) is 5.92 Å². The standard InChI is InChI=1S/C9H13BrN4/c10-7-5-8(14-9(11)13-7)12-4-3-6-1-2-6/h5-6H,1-4H2,(H3,11,12,13,14). The van der Waals surface area contributed by atoms with Crippen LogP contribution in [0.4, 0.5) is 11.8 Å². The van der Waals surface area contributed by atoms with Gasteiger partial charge in [0.2, 0.25) is 5.95 Å². The van der Waals surface area contributed by atoms with Crippen molar-refractivity contribution in [3.63, 3.8) is 0 Å². The molecule has 0 radical (unpaired) electrons. The zero-order chi connectivity index (χ0) is 9.97. The summed E-state index contributed by atoms with van der Waals surface area (Å²) in [7, 11) is 0. The van der Waals surface area contributed by atoms with Gasteiger partial charge in [-0.15, -0.1) is 0 Å². The molecule has 1 saturated carbocycles. The van der Waals surface area contributed by atoms with Crippen LogP contribution in [0.5, 0.6) is 0 Å². The number of anilines is 2. The Morgan fingerprint density at radius 1 is 1.50 bits per heavy atom. The van der Waals surface area contributed by atoms with E-state index in [-0.39, 0.29) is 0 Å². The van der Waals surface area contributed by atoms with E-state index in [0.29, 0.717) is 5.95 Å². The minimum Gasteiger partial charge on any atom is -0.370 e. The fraction of sp³-hybridized carbons (Fsp3) is 0.556. The number of aromatic nitrogens is 2. The monoisotopic (exact) mass is 256 g/mol. The van der Waals surface area contributed by atoms with Gasteiger partial charge in [-0.3, -0.25) is 0 Å². The third kappa shape index (κ3) is 2.83. The molecule has 0 bridgehead atoms. The van der Waals surface area contributed by atoms with Crippen LogP contribution in [0.1, 0.15) is 19.3 Å². The number of hydrogen-bond acceptors (Lipinski definition) is 4. The van der Waals surface area contributed by atoms with Crippen molar-refractivity contribution in [1.82, 2.24) is 9.97 Å². The van der Waals surface area contributed by atoms with E-state index in [0.717, 1.165) is 22.9 Å². The van der Waals surface area contributed by atoms with E-state index in [1.165, 1.54) is 19.3 Å². The summed E-state index contributed by atoms with van der Waals surface area (Å²) in [5, 5.41) is 3.24. The summed E-state index contributed by atoms with van der Waals surface area (Å²) >= 11 is 3.28. The molecule has 2 rings (SSSR count). The summed E-state index contributed by atoms with van der Waals surface area (Å²) in [6.07, 6.45) is 4.00. The van der Waals surface area contributed by atoms with Crippen molar-refractivity contribution < 1.29 is 0 Å². The second-order valence-electron chi connectivity index (χ2n) is 3.59. The Balaban J connectivity index is 1.87. The van der Waals surface area contributed by atoms with Gasteiger partial charge in [0.05, 0.1) is 0 Å². The van der Waals surface area contributed by atoms with Gasteiger partial charge >= 0.3 is 0 Å². The zero-order valence-electron chi connectivity index (χ0n) is 7.83. The highest BCUT2D eigenvalue weighted by atomic mass is 79.9. The lowest BCUT2D eigenvalue weighted by molar-refractivity contribution is 0.758. The number of hydrogen-bond donors (Lipinski definition) is 2. The van der Waals surface area contributed by atoms with E-state index in [1.807, 2.05) is 6.07 Å². The first-order valence-electron chi connectivity index (χ1n) is 4.78. The summed E-state index contributed by atoms with van der Waals surface area (Å²) < 4.78 is 0.721. The first-order chi connectivity index (χ1) is 6.74. The molecule has 1 fully saturated rings. The lowest BCUT2D eigenvalue weighted by Crippen LogP contribution is -2.06. The molecular weight excluding hydrogens is 244 g/mol. The van der Waals surface area contributed by atoms with Crippen LogP contribution in [0.25, 0.3) is 0 Å². The van der Waals surface area contributed by atoms with Gasteiger partial charge in [-0.05, 0) is 28.3 Å². The van der Waals surface area contributed by atoms with Crippen LogP contribution in [-0.4, -0.2) is 16.5 Å². The highest BCUT2D eigenvalue weighted by molar-refractivity contribution is 9.10. The van der Waals surface area contributed by atoms with Crippen LogP contribution in [0.2, 0.25) is 0 Å². The van der Waals surface area contributed by atoms with Crippen LogP contribution in [-0.2, 0) is 0 Å². The minimum atomic E-state index is 0.299. The quantitative estimate of drug-likeness (QED) is 0.810. The summed E-state index contributed by atoms with van der Waals surface area (Å²) in [5.41, 5.74) is 5.51. The topological polar surface area (TPSA) is 63.8 Å².